The molecule has 92 valence electrons. The maximum Gasteiger partial charge on any atom is 0.148 e. The van der Waals surface area contributed by atoms with Crippen molar-refractivity contribution in [3.05, 3.63) is 28.3 Å². The number of hydrogen-bond donors (Lipinski definition) is 1. The van der Waals surface area contributed by atoms with E-state index in [1.54, 1.807) is 11.3 Å². The predicted octanol–water partition coefficient (Wildman–Crippen LogP) is 3.40. The van der Waals surface area contributed by atoms with Crippen LogP contribution in [0.15, 0.2) is 17.8 Å². The number of rotatable bonds is 4. The molecule has 0 aliphatic carbocycles. The van der Waals surface area contributed by atoms with Crippen molar-refractivity contribution < 1.29 is 0 Å². The third-order valence-corrected chi connectivity index (χ3v) is 3.79. The lowest BCUT2D eigenvalue weighted by atomic mass is 10.2. The van der Waals surface area contributed by atoms with Gasteiger partial charge in [-0.15, -0.1) is 11.3 Å². The Balaban J connectivity index is 2.08. The molecule has 0 radical (unpaired) electrons. The molecule has 0 aromatic carbocycles. The molecule has 5 heteroatoms. The average molecular weight is 250 g/mol. The van der Waals surface area contributed by atoms with E-state index in [2.05, 4.69) is 36.2 Å². The summed E-state index contributed by atoms with van der Waals surface area (Å²) in [7, 11) is 0. The minimum Gasteiger partial charge on any atom is -0.361 e. The molecule has 1 atom stereocenters. The number of nitrogens with zero attached hydrogens (tertiary/aromatic N) is 3. The summed E-state index contributed by atoms with van der Waals surface area (Å²) in [4.78, 5) is 5.53. The van der Waals surface area contributed by atoms with Crippen LogP contribution in [-0.4, -0.2) is 14.8 Å². The molecule has 2 aromatic heterocycles. The maximum atomic E-state index is 4.48. The third kappa shape index (κ3) is 2.66. The zero-order valence-corrected chi connectivity index (χ0v) is 11.5. The number of nitrogens with one attached hydrogen (secondary N) is 1. The van der Waals surface area contributed by atoms with Gasteiger partial charge in [-0.2, -0.15) is 5.10 Å². The first kappa shape index (κ1) is 12.1. The Morgan fingerprint density at radius 2 is 2.12 bits per heavy atom. The molecule has 4 nitrogen and oxygen atoms in total. The molecule has 0 bridgehead atoms. The molecular weight excluding hydrogens is 232 g/mol. The van der Waals surface area contributed by atoms with Crippen LogP contribution in [0.5, 0.6) is 0 Å². The first-order chi connectivity index (χ1) is 8.08. The summed E-state index contributed by atoms with van der Waals surface area (Å²) in [6.45, 7) is 8.41. The standard InChI is InChI=1S/C12H18N4S/c1-8(2)16-6-5-11(15-16)14-10(4)12-9(3)13-7-17-12/h5-8,10H,1-4H3,(H,14,15). The molecule has 2 aromatic rings. The number of thiazole rings is 1. The van der Waals surface area contributed by atoms with E-state index in [-0.39, 0.29) is 6.04 Å². The summed E-state index contributed by atoms with van der Waals surface area (Å²) in [6, 6.07) is 2.65. The van der Waals surface area contributed by atoms with Crippen molar-refractivity contribution in [1.29, 1.82) is 0 Å². The van der Waals surface area contributed by atoms with Gasteiger partial charge in [-0.25, -0.2) is 4.98 Å². The van der Waals surface area contributed by atoms with Crippen LogP contribution in [0.1, 0.15) is 43.4 Å². The number of aromatic nitrogens is 3. The van der Waals surface area contributed by atoms with Gasteiger partial charge < -0.3 is 5.32 Å². The lowest BCUT2D eigenvalue weighted by Crippen LogP contribution is -2.08. The van der Waals surface area contributed by atoms with E-state index in [1.807, 2.05) is 29.4 Å². The van der Waals surface area contributed by atoms with Crippen molar-refractivity contribution in [2.24, 2.45) is 0 Å². The predicted molar refractivity (Wildman–Crippen MR) is 71.5 cm³/mol. The zero-order valence-electron chi connectivity index (χ0n) is 10.6. The van der Waals surface area contributed by atoms with Gasteiger partial charge >= 0.3 is 0 Å². The van der Waals surface area contributed by atoms with Crippen molar-refractivity contribution in [3.8, 4) is 0 Å². The first-order valence-electron chi connectivity index (χ1n) is 5.79. The molecular formula is C12H18N4S. The zero-order chi connectivity index (χ0) is 12.4. The minimum absolute atomic E-state index is 0.248. The van der Waals surface area contributed by atoms with Crippen LogP contribution in [0.3, 0.4) is 0 Å². The summed E-state index contributed by atoms with van der Waals surface area (Å²) < 4.78 is 1.95. The smallest absolute Gasteiger partial charge is 0.148 e. The molecule has 1 unspecified atom stereocenters. The quantitative estimate of drug-likeness (QED) is 0.904. The molecule has 17 heavy (non-hydrogen) atoms. The fourth-order valence-corrected chi connectivity index (χ4v) is 2.53. The highest BCUT2D eigenvalue weighted by molar-refractivity contribution is 7.09. The largest absolute Gasteiger partial charge is 0.361 e. The fraction of sp³-hybridized carbons (Fsp3) is 0.500. The Bertz CT molecular complexity index is 486. The lowest BCUT2D eigenvalue weighted by Gasteiger charge is -2.12. The fourth-order valence-electron chi connectivity index (χ4n) is 1.72. The van der Waals surface area contributed by atoms with Gasteiger partial charge in [-0.3, -0.25) is 4.68 Å². The molecule has 0 amide bonds. The topological polar surface area (TPSA) is 42.7 Å². The van der Waals surface area contributed by atoms with Crippen LogP contribution in [0.4, 0.5) is 5.82 Å². The van der Waals surface area contributed by atoms with Crippen LogP contribution in [-0.2, 0) is 0 Å². The highest BCUT2D eigenvalue weighted by Gasteiger charge is 2.12. The normalized spacial score (nSPS) is 13.0. The van der Waals surface area contributed by atoms with Gasteiger partial charge in [0.1, 0.15) is 5.82 Å². The number of anilines is 1. The summed E-state index contributed by atoms with van der Waals surface area (Å²) in [5, 5.41) is 7.88. The Hall–Kier alpha value is -1.36. The van der Waals surface area contributed by atoms with Crippen molar-refractivity contribution in [3.63, 3.8) is 0 Å². The molecule has 0 aliphatic rings. The Morgan fingerprint density at radius 3 is 2.65 bits per heavy atom. The first-order valence-corrected chi connectivity index (χ1v) is 6.67. The average Bonchev–Trinajstić information content (AvgIpc) is 2.86. The monoisotopic (exact) mass is 250 g/mol. The van der Waals surface area contributed by atoms with E-state index in [1.165, 1.54) is 4.88 Å². The van der Waals surface area contributed by atoms with Crippen molar-refractivity contribution in [2.75, 3.05) is 5.32 Å². The van der Waals surface area contributed by atoms with Gasteiger partial charge in [-0.05, 0) is 27.7 Å². The van der Waals surface area contributed by atoms with Gasteiger partial charge in [0.2, 0.25) is 0 Å². The summed E-state index contributed by atoms with van der Waals surface area (Å²) in [5.41, 5.74) is 2.98. The number of hydrogen-bond acceptors (Lipinski definition) is 4. The molecule has 0 saturated carbocycles. The van der Waals surface area contributed by atoms with Gasteiger partial charge in [0.25, 0.3) is 0 Å². The van der Waals surface area contributed by atoms with Gasteiger partial charge in [-0.1, -0.05) is 0 Å². The number of aryl methyl sites for hydroxylation is 1. The molecule has 0 saturated heterocycles. The molecule has 0 spiro atoms. The maximum absolute atomic E-state index is 4.48. The van der Waals surface area contributed by atoms with Crippen LogP contribution < -0.4 is 5.32 Å². The van der Waals surface area contributed by atoms with Crippen LogP contribution in [0, 0.1) is 6.92 Å². The highest BCUT2D eigenvalue weighted by Crippen LogP contribution is 2.24. The van der Waals surface area contributed by atoms with E-state index in [9.17, 15) is 0 Å². The second kappa shape index (κ2) is 4.87. The second-order valence-electron chi connectivity index (χ2n) is 4.44. The molecule has 2 rings (SSSR count). The highest BCUT2D eigenvalue weighted by atomic mass is 32.1. The lowest BCUT2D eigenvalue weighted by molar-refractivity contribution is 0.533. The molecule has 0 fully saturated rings. The molecule has 2 heterocycles. The van der Waals surface area contributed by atoms with Crippen molar-refractivity contribution >= 4 is 17.2 Å². The van der Waals surface area contributed by atoms with Gasteiger partial charge in [0, 0.05) is 23.2 Å². The van der Waals surface area contributed by atoms with Crippen LogP contribution >= 0.6 is 11.3 Å². The molecule has 1 N–H and O–H groups in total. The van der Waals surface area contributed by atoms with E-state index in [0.717, 1.165) is 11.5 Å². The summed E-state index contributed by atoms with van der Waals surface area (Å²) >= 11 is 1.68. The van der Waals surface area contributed by atoms with Gasteiger partial charge in [0.15, 0.2) is 0 Å². The minimum atomic E-state index is 0.248. The Labute approximate surface area is 106 Å². The van der Waals surface area contributed by atoms with E-state index < -0.39 is 0 Å². The Morgan fingerprint density at radius 1 is 1.35 bits per heavy atom. The molecule has 0 aliphatic heterocycles. The Kier molecular flexibility index (Phi) is 3.47. The summed E-state index contributed by atoms with van der Waals surface area (Å²) in [5.74, 6) is 0.916. The van der Waals surface area contributed by atoms with E-state index >= 15 is 0 Å². The van der Waals surface area contributed by atoms with Crippen molar-refractivity contribution in [2.45, 2.75) is 39.8 Å². The van der Waals surface area contributed by atoms with E-state index in [4.69, 9.17) is 0 Å². The van der Waals surface area contributed by atoms with E-state index in [0.29, 0.717) is 6.04 Å². The summed E-state index contributed by atoms with van der Waals surface area (Å²) in [6.07, 6.45) is 2.00. The van der Waals surface area contributed by atoms with Crippen LogP contribution in [0.2, 0.25) is 0 Å². The SMILES string of the molecule is Cc1ncsc1C(C)Nc1ccn(C(C)C)n1. The van der Waals surface area contributed by atoms with Crippen molar-refractivity contribution in [1.82, 2.24) is 14.8 Å². The third-order valence-electron chi connectivity index (χ3n) is 2.68. The van der Waals surface area contributed by atoms with Crippen LogP contribution in [0.25, 0.3) is 0 Å². The second-order valence-corrected chi connectivity index (χ2v) is 5.33. The van der Waals surface area contributed by atoms with Gasteiger partial charge in [0.05, 0.1) is 17.2 Å².